The van der Waals surface area contributed by atoms with Crippen molar-refractivity contribution in [3.63, 3.8) is 0 Å². The van der Waals surface area contributed by atoms with Crippen LogP contribution < -0.4 is 0 Å². The Labute approximate surface area is 155 Å². The van der Waals surface area contributed by atoms with Crippen molar-refractivity contribution in [2.75, 3.05) is 0 Å². The number of rotatable bonds is 4. The number of halogens is 1. The second kappa shape index (κ2) is 7.25. The smallest absolute Gasteiger partial charge is 0.175 e. The number of phenolic OH excluding ortho intramolecular Hbond substituents is 1. The molecule has 0 fully saturated rings. The van der Waals surface area contributed by atoms with Crippen molar-refractivity contribution >= 4 is 12.2 Å². The van der Waals surface area contributed by atoms with Crippen molar-refractivity contribution in [1.82, 2.24) is 14.8 Å². The van der Waals surface area contributed by atoms with E-state index in [0.717, 1.165) is 5.69 Å². The highest BCUT2D eigenvalue weighted by Gasteiger charge is 2.15. The Kier molecular flexibility index (Phi) is 4.49. The molecule has 4 aromatic rings. The molecule has 1 aromatic heterocycles. The Hall–Kier alpha value is -3.73. The maximum absolute atomic E-state index is 13.8. The molecule has 0 atom stereocenters. The van der Waals surface area contributed by atoms with Crippen LogP contribution in [0.5, 0.6) is 5.75 Å². The van der Waals surface area contributed by atoms with Gasteiger partial charge in [0.25, 0.3) is 0 Å². The average Bonchev–Trinajstić information content (AvgIpc) is 3.12. The fourth-order valence-electron chi connectivity index (χ4n) is 2.76. The summed E-state index contributed by atoms with van der Waals surface area (Å²) in [5.41, 5.74) is 1.84. The van der Waals surface area contributed by atoms with E-state index in [2.05, 4.69) is 10.1 Å². The molecule has 0 spiro atoms. The first-order valence-corrected chi connectivity index (χ1v) is 8.46. The van der Waals surface area contributed by atoms with E-state index in [1.165, 1.54) is 6.07 Å². The first-order chi connectivity index (χ1) is 13.2. The zero-order valence-corrected chi connectivity index (χ0v) is 14.3. The maximum atomic E-state index is 13.8. The summed E-state index contributed by atoms with van der Waals surface area (Å²) in [7, 11) is 0. The van der Waals surface area contributed by atoms with Crippen molar-refractivity contribution < 1.29 is 9.50 Å². The van der Waals surface area contributed by atoms with E-state index in [4.69, 9.17) is 0 Å². The van der Waals surface area contributed by atoms with Gasteiger partial charge in [-0.1, -0.05) is 48.5 Å². The molecule has 0 bridgehead atoms. The van der Waals surface area contributed by atoms with E-state index in [1.54, 1.807) is 53.2 Å². The number of nitrogens with zero attached hydrogens (tertiary/aromatic N) is 3. The lowest BCUT2D eigenvalue weighted by Crippen LogP contribution is -1.99. The predicted octanol–water partition coefficient (Wildman–Crippen LogP) is 4.95. The Morgan fingerprint density at radius 2 is 1.52 bits per heavy atom. The highest BCUT2D eigenvalue weighted by Crippen LogP contribution is 2.29. The topological polar surface area (TPSA) is 50.9 Å². The van der Waals surface area contributed by atoms with E-state index in [-0.39, 0.29) is 11.6 Å². The van der Waals surface area contributed by atoms with Crippen molar-refractivity contribution in [2.45, 2.75) is 0 Å². The lowest BCUT2D eigenvalue weighted by Gasteiger charge is -2.06. The molecule has 0 saturated heterocycles. The molecule has 27 heavy (non-hydrogen) atoms. The van der Waals surface area contributed by atoms with Crippen molar-refractivity contribution in [3.05, 3.63) is 96.1 Å². The van der Waals surface area contributed by atoms with Crippen LogP contribution in [-0.4, -0.2) is 19.9 Å². The van der Waals surface area contributed by atoms with Crippen LogP contribution in [0.25, 0.3) is 29.2 Å². The second-order valence-corrected chi connectivity index (χ2v) is 5.91. The Morgan fingerprint density at radius 3 is 2.30 bits per heavy atom. The number of hydrogen-bond acceptors (Lipinski definition) is 3. The van der Waals surface area contributed by atoms with Crippen LogP contribution >= 0.6 is 0 Å². The Balaban J connectivity index is 1.81. The number of aromatic hydroxyl groups is 1. The van der Waals surface area contributed by atoms with Gasteiger partial charge in [0, 0.05) is 5.56 Å². The van der Waals surface area contributed by atoms with Crippen LogP contribution in [0, 0.1) is 5.82 Å². The maximum Gasteiger partial charge on any atom is 0.175 e. The van der Waals surface area contributed by atoms with Crippen molar-refractivity contribution in [3.8, 4) is 22.8 Å². The fourth-order valence-corrected chi connectivity index (χ4v) is 2.76. The molecule has 4 rings (SSSR count). The fraction of sp³-hybridized carbons (Fsp3) is 0. The normalized spacial score (nSPS) is 11.1. The molecule has 4 nitrogen and oxygen atoms in total. The van der Waals surface area contributed by atoms with E-state index in [1.807, 2.05) is 36.4 Å². The SMILES string of the molecule is Oc1ccccc1-c1nc(C=Cc2ccccc2F)nn1-c1ccccc1. The van der Waals surface area contributed by atoms with E-state index < -0.39 is 0 Å². The van der Waals surface area contributed by atoms with Crippen molar-refractivity contribution in [2.24, 2.45) is 0 Å². The summed E-state index contributed by atoms with van der Waals surface area (Å²) in [6.45, 7) is 0. The van der Waals surface area contributed by atoms with Gasteiger partial charge in [0.05, 0.1) is 11.3 Å². The molecule has 0 radical (unpaired) electrons. The average molecular weight is 357 g/mol. The van der Waals surface area contributed by atoms with Gasteiger partial charge in [-0.15, -0.1) is 5.10 Å². The summed E-state index contributed by atoms with van der Waals surface area (Å²) in [5.74, 6) is 0.733. The zero-order valence-electron chi connectivity index (χ0n) is 14.3. The molecular formula is C22H16FN3O. The quantitative estimate of drug-likeness (QED) is 0.562. The molecule has 0 unspecified atom stereocenters. The molecule has 1 N–H and O–H groups in total. The number of aromatic nitrogens is 3. The zero-order chi connectivity index (χ0) is 18.6. The minimum Gasteiger partial charge on any atom is -0.507 e. The summed E-state index contributed by atoms with van der Waals surface area (Å²) in [6.07, 6.45) is 3.29. The van der Waals surface area contributed by atoms with Crippen LogP contribution in [0.3, 0.4) is 0 Å². The van der Waals surface area contributed by atoms with Gasteiger partial charge in [-0.3, -0.25) is 0 Å². The molecular weight excluding hydrogens is 341 g/mol. The van der Waals surface area contributed by atoms with Crippen molar-refractivity contribution in [1.29, 1.82) is 0 Å². The standard InChI is InChI=1S/C22H16FN3O/c23-19-12-6-4-8-16(19)14-15-21-24-22(18-11-5-7-13-20(18)27)26(25-21)17-9-2-1-3-10-17/h1-15,27H. The minimum absolute atomic E-state index is 0.117. The van der Waals surface area contributed by atoms with E-state index in [0.29, 0.717) is 22.8 Å². The molecule has 0 saturated carbocycles. The summed E-state index contributed by atoms with van der Waals surface area (Å²) >= 11 is 0. The first-order valence-electron chi connectivity index (χ1n) is 8.46. The van der Waals surface area contributed by atoms with E-state index in [9.17, 15) is 9.50 Å². The van der Waals surface area contributed by atoms with Crippen LogP contribution in [0.4, 0.5) is 4.39 Å². The number of phenols is 1. The third kappa shape index (κ3) is 3.48. The van der Waals surface area contributed by atoms with Gasteiger partial charge < -0.3 is 5.11 Å². The van der Waals surface area contributed by atoms with Gasteiger partial charge in [0.2, 0.25) is 0 Å². The molecule has 0 aliphatic heterocycles. The largest absolute Gasteiger partial charge is 0.507 e. The summed E-state index contributed by atoms with van der Waals surface area (Å²) in [6, 6.07) is 23.0. The first kappa shape index (κ1) is 16.7. The second-order valence-electron chi connectivity index (χ2n) is 5.91. The van der Waals surface area contributed by atoms with Gasteiger partial charge in [-0.25, -0.2) is 14.1 Å². The molecule has 5 heteroatoms. The number of para-hydroxylation sites is 2. The van der Waals surface area contributed by atoms with Gasteiger partial charge in [0.15, 0.2) is 11.6 Å². The van der Waals surface area contributed by atoms with Crippen LogP contribution in [-0.2, 0) is 0 Å². The molecule has 0 aliphatic rings. The lowest BCUT2D eigenvalue weighted by molar-refractivity contribution is 0.476. The third-order valence-electron chi connectivity index (χ3n) is 4.09. The van der Waals surface area contributed by atoms with Gasteiger partial charge in [-0.2, -0.15) is 0 Å². The monoisotopic (exact) mass is 357 g/mol. The minimum atomic E-state index is -0.308. The van der Waals surface area contributed by atoms with Crippen LogP contribution in [0.2, 0.25) is 0 Å². The molecule has 132 valence electrons. The van der Waals surface area contributed by atoms with Crippen LogP contribution in [0.15, 0.2) is 78.9 Å². The summed E-state index contributed by atoms with van der Waals surface area (Å²) in [4.78, 5) is 4.54. The summed E-state index contributed by atoms with van der Waals surface area (Å²) < 4.78 is 15.5. The Morgan fingerprint density at radius 1 is 0.815 bits per heavy atom. The summed E-state index contributed by atoms with van der Waals surface area (Å²) in [5, 5.41) is 14.8. The predicted molar refractivity (Wildman–Crippen MR) is 104 cm³/mol. The third-order valence-corrected chi connectivity index (χ3v) is 4.09. The number of hydrogen-bond donors (Lipinski definition) is 1. The van der Waals surface area contributed by atoms with Gasteiger partial charge >= 0.3 is 0 Å². The lowest BCUT2D eigenvalue weighted by atomic mass is 10.2. The van der Waals surface area contributed by atoms with Crippen LogP contribution in [0.1, 0.15) is 11.4 Å². The van der Waals surface area contributed by atoms with Gasteiger partial charge in [0.1, 0.15) is 11.6 Å². The molecule has 0 amide bonds. The molecule has 1 heterocycles. The number of benzene rings is 3. The van der Waals surface area contributed by atoms with E-state index >= 15 is 0 Å². The van der Waals surface area contributed by atoms with Gasteiger partial charge in [-0.05, 0) is 42.5 Å². The highest BCUT2D eigenvalue weighted by molar-refractivity contribution is 5.70. The highest BCUT2D eigenvalue weighted by atomic mass is 19.1. The Bertz CT molecular complexity index is 1100. The molecule has 3 aromatic carbocycles. The molecule has 0 aliphatic carbocycles.